The molecule has 0 aliphatic rings. The Morgan fingerprint density at radius 2 is 1.79 bits per heavy atom. The Balaban J connectivity index is 0.00000154. The van der Waals surface area contributed by atoms with Crippen molar-refractivity contribution < 1.29 is 17.9 Å². The number of ether oxygens (including phenoxy) is 1. The third-order valence-electron chi connectivity index (χ3n) is 2.60. The molecule has 0 aromatic heterocycles. The van der Waals surface area contributed by atoms with Gasteiger partial charge in [0.2, 0.25) is 0 Å². The molecule has 0 N–H and O–H groups in total. The Hall–Kier alpha value is -1.23. The fraction of sp³-hybridized carbons (Fsp3) is 0.571. The molecule has 0 bridgehead atoms. The first-order valence-electron chi connectivity index (χ1n) is 6.24. The predicted molar refractivity (Wildman–Crippen MR) is 72.7 cm³/mol. The number of halogens is 3. The topological polar surface area (TPSA) is 12.5 Å². The monoisotopic (exact) mass is 277 g/mol. The van der Waals surface area contributed by atoms with E-state index >= 15 is 0 Å². The minimum Gasteiger partial charge on any atom is -0.383 e. The van der Waals surface area contributed by atoms with Crippen LogP contribution in [0.15, 0.2) is 18.2 Å². The Kier molecular flexibility index (Phi) is 7.52. The molecule has 0 spiro atoms. The van der Waals surface area contributed by atoms with Gasteiger partial charge in [-0.15, -0.1) is 0 Å². The summed E-state index contributed by atoms with van der Waals surface area (Å²) in [4.78, 5) is 1.73. The van der Waals surface area contributed by atoms with E-state index in [1.165, 1.54) is 19.1 Å². The van der Waals surface area contributed by atoms with Crippen LogP contribution >= 0.6 is 0 Å². The lowest BCUT2D eigenvalue weighted by molar-refractivity contribution is -0.138. The molecule has 0 atom stereocenters. The summed E-state index contributed by atoms with van der Waals surface area (Å²) >= 11 is 0. The molecule has 1 aromatic rings. The first-order chi connectivity index (χ1) is 8.86. The number of anilines is 1. The van der Waals surface area contributed by atoms with Crippen molar-refractivity contribution in [2.75, 3.05) is 32.2 Å². The normalized spacial score (nSPS) is 10.7. The number of hydrogen-bond acceptors (Lipinski definition) is 2. The molecule has 0 fully saturated rings. The molecule has 0 saturated carbocycles. The molecule has 110 valence electrons. The highest BCUT2D eigenvalue weighted by atomic mass is 19.4. The highest BCUT2D eigenvalue weighted by Crippen LogP contribution is 2.34. The number of nitrogens with zero attached hydrogens (tertiary/aromatic N) is 1. The summed E-state index contributed by atoms with van der Waals surface area (Å²) in [6, 6.07) is 4.34. The highest BCUT2D eigenvalue weighted by Gasteiger charge is 2.32. The summed E-state index contributed by atoms with van der Waals surface area (Å²) in [5.41, 5.74) is 0.195. The summed E-state index contributed by atoms with van der Waals surface area (Å²) < 4.78 is 43.0. The van der Waals surface area contributed by atoms with Gasteiger partial charge in [0, 0.05) is 26.4 Å². The molecule has 0 amide bonds. The Morgan fingerprint density at radius 3 is 2.26 bits per heavy atom. The van der Waals surface area contributed by atoms with Crippen LogP contribution in [0, 0.1) is 6.92 Å². The third kappa shape index (κ3) is 5.51. The molecule has 5 heteroatoms. The van der Waals surface area contributed by atoms with E-state index in [0.717, 1.165) is 0 Å². The average Bonchev–Trinajstić information content (AvgIpc) is 2.37. The van der Waals surface area contributed by atoms with Crippen LogP contribution in [0.2, 0.25) is 0 Å². The molecule has 0 aliphatic carbocycles. The summed E-state index contributed by atoms with van der Waals surface area (Å²) in [7, 11) is 3.30. The molecule has 0 heterocycles. The van der Waals surface area contributed by atoms with Crippen LogP contribution in [0.1, 0.15) is 25.0 Å². The lowest BCUT2D eigenvalue weighted by Gasteiger charge is -2.21. The molecule has 2 nitrogen and oxygen atoms in total. The van der Waals surface area contributed by atoms with Crippen molar-refractivity contribution in [3.63, 3.8) is 0 Å². The number of hydrogen-bond donors (Lipinski definition) is 0. The van der Waals surface area contributed by atoms with Gasteiger partial charge in [-0.1, -0.05) is 19.9 Å². The van der Waals surface area contributed by atoms with E-state index in [9.17, 15) is 13.2 Å². The maximum Gasteiger partial charge on any atom is 0.416 e. The highest BCUT2D eigenvalue weighted by molar-refractivity contribution is 5.51. The molecular formula is C14H22F3NO. The lowest BCUT2D eigenvalue weighted by Crippen LogP contribution is -2.22. The molecule has 1 aromatic carbocycles. The van der Waals surface area contributed by atoms with E-state index in [1.807, 2.05) is 13.8 Å². The number of aryl methyl sites for hydroxylation is 1. The van der Waals surface area contributed by atoms with Crippen molar-refractivity contribution in [3.8, 4) is 0 Å². The van der Waals surface area contributed by atoms with E-state index in [4.69, 9.17) is 4.74 Å². The molecule has 0 unspecified atom stereocenters. The van der Waals surface area contributed by atoms with E-state index < -0.39 is 11.7 Å². The quantitative estimate of drug-likeness (QED) is 0.820. The zero-order chi connectivity index (χ0) is 15.1. The molecule has 0 radical (unpaired) electrons. The van der Waals surface area contributed by atoms with E-state index in [-0.39, 0.29) is 5.56 Å². The average molecular weight is 277 g/mol. The van der Waals surface area contributed by atoms with Crippen LogP contribution in [0.4, 0.5) is 18.9 Å². The third-order valence-corrected chi connectivity index (χ3v) is 2.60. The second-order valence-corrected chi connectivity index (χ2v) is 3.91. The first-order valence-corrected chi connectivity index (χ1v) is 6.24. The minimum atomic E-state index is -4.30. The first kappa shape index (κ1) is 17.8. The van der Waals surface area contributed by atoms with Crippen molar-refractivity contribution in [3.05, 3.63) is 29.3 Å². The maximum atomic E-state index is 12.7. The van der Waals surface area contributed by atoms with Crippen molar-refractivity contribution in [1.29, 1.82) is 0 Å². The van der Waals surface area contributed by atoms with Crippen LogP contribution in [0.25, 0.3) is 0 Å². The minimum absolute atomic E-state index is 0.237. The number of rotatable bonds is 4. The molecule has 1 rings (SSSR count). The second kappa shape index (κ2) is 8.04. The Labute approximate surface area is 113 Å². The zero-order valence-electron chi connectivity index (χ0n) is 12.1. The van der Waals surface area contributed by atoms with Gasteiger partial charge in [-0.05, 0) is 24.6 Å². The largest absolute Gasteiger partial charge is 0.416 e. The van der Waals surface area contributed by atoms with Crippen LogP contribution in [0.5, 0.6) is 0 Å². The van der Waals surface area contributed by atoms with Crippen LogP contribution in [-0.2, 0) is 10.9 Å². The summed E-state index contributed by atoms with van der Waals surface area (Å²) in [6.07, 6.45) is -4.30. The summed E-state index contributed by atoms with van der Waals surface area (Å²) in [5.74, 6) is 0. The van der Waals surface area contributed by atoms with Crippen molar-refractivity contribution in [1.82, 2.24) is 0 Å². The van der Waals surface area contributed by atoms with Gasteiger partial charge >= 0.3 is 6.18 Å². The smallest absolute Gasteiger partial charge is 0.383 e. The second-order valence-electron chi connectivity index (χ2n) is 3.91. The molecule has 0 aliphatic heterocycles. The number of benzene rings is 1. The molecule has 0 saturated heterocycles. The van der Waals surface area contributed by atoms with Crippen molar-refractivity contribution >= 4 is 5.69 Å². The number of methoxy groups -OCH3 is 1. The van der Waals surface area contributed by atoms with Gasteiger partial charge in [-0.2, -0.15) is 13.2 Å². The fourth-order valence-electron chi connectivity index (χ4n) is 1.51. The van der Waals surface area contributed by atoms with E-state index in [0.29, 0.717) is 18.8 Å². The van der Waals surface area contributed by atoms with Gasteiger partial charge in [-0.25, -0.2) is 0 Å². The van der Waals surface area contributed by atoms with Crippen molar-refractivity contribution in [2.45, 2.75) is 26.9 Å². The van der Waals surface area contributed by atoms with Gasteiger partial charge in [0.15, 0.2) is 0 Å². The summed E-state index contributed by atoms with van der Waals surface area (Å²) in [5, 5.41) is 0. The lowest BCUT2D eigenvalue weighted by atomic mass is 10.1. The predicted octanol–water partition coefficient (Wildman–Crippen LogP) is 4.12. The van der Waals surface area contributed by atoms with Gasteiger partial charge in [0.1, 0.15) is 0 Å². The standard InChI is InChI=1S/C12H16F3NO.C2H6/c1-9-4-5-10(16(2)6-7-17-3)8-11(9)12(13,14)15;1-2/h4-5,8H,6-7H2,1-3H3;1-2H3. The van der Waals surface area contributed by atoms with Crippen LogP contribution < -0.4 is 4.90 Å². The maximum absolute atomic E-state index is 12.7. The number of likely N-dealkylation sites (N-methyl/N-ethyl adjacent to an activating group) is 1. The van der Waals surface area contributed by atoms with Gasteiger partial charge < -0.3 is 9.64 Å². The van der Waals surface area contributed by atoms with Crippen LogP contribution in [-0.4, -0.2) is 27.3 Å². The Bertz CT molecular complexity index is 377. The fourth-order valence-corrected chi connectivity index (χ4v) is 1.51. The van der Waals surface area contributed by atoms with Gasteiger partial charge in [0.05, 0.1) is 12.2 Å². The van der Waals surface area contributed by atoms with Crippen molar-refractivity contribution in [2.24, 2.45) is 0 Å². The Morgan fingerprint density at radius 1 is 1.21 bits per heavy atom. The number of alkyl halides is 3. The van der Waals surface area contributed by atoms with E-state index in [1.54, 1.807) is 25.1 Å². The van der Waals surface area contributed by atoms with Gasteiger partial charge in [-0.3, -0.25) is 0 Å². The zero-order valence-corrected chi connectivity index (χ0v) is 12.1. The SMILES string of the molecule is CC.COCCN(C)c1ccc(C)c(C(F)(F)F)c1. The van der Waals surface area contributed by atoms with Crippen LogP contribution in [0.3, 0.4) is 0 Å². The summed E-state index contributed by atoms with van der Waals surface area (Å²) in [6.45, 7) is 6.49. The molecule has 19 heavy (non-hydrogen) atoms. The van der Waals surface area contributed by atoms with Gasteiger partial charge in [0.25, 0.3) is 0 Å². The van der Waals surface area contributed by atoms with E-state index in [2.05, 4.69) is 0 Å². The molecular weight excluding hydrogens is 255 g/mol.